The molecule has 0 aliphatic carbocycles. The van der Waals surface area contributed by atoms with Crippen molar-refractivity contribution < 1.29 is 17.9 Å². The van der Waals surface area contributed by atoms with E-state index in [1.54, 1.807) is 12.3 Å². The number of aromatic nitrogens is 1. The standard InChI is InChI=1S/C22H21F3N2O2/c23-22(24,25)29-17-4-1-3-16(14-17)13-15-8-11-27(12-9-15)19-6-2-5-18-21(19)20(28)7-10-26-18/h1-7,10,14-15H,8-9,11-13H2,(H,26,28). The Balaban J connectivity index is 1.43. The molecule has 0 unspecified atom stereocenters. The molecule has 0 atom stereocenters. The molecule has 1 aliphatic heterocycles. The number of hydrogen-bond acceptors (Lipinski definition) is 3. The summed E-state index contributed by atoms with van der Waals surface area (Å²) in [7, 11) is 0. The number of anilines is 1. The Bertz CT molecular complexity index is 1050. The van der Waals surface area contributed by atoms with E-state index in [1.807, 2.05) is 24.3 Å². The van der Waals surface area contributed by atoms with Crippen LogP contribution in [0.25, 0.3) is 10.9 Å². The zero-order chi connectivity index (χ0) is 20.4. The lowest BCUT2D eigenvalue weighted by Crippen LogP contribution is -2.34. The topological polar surface area (TPSA) is 45.3 Å². The predicted octanol–water partition coefficient (Wildman–Crippen LogP) is 4.89. The Morgan fingerprint density at radius 1 is 1.07 bits per heavy atom. The maximum absolute atomic E-state index is 12.4. The van der Waals surface area contributed by atoms with Crippen LogP contribution in [0.5, 0.6) is 5.75 Å². The fraction of sp³-hybridized carbons (Fsp3) is 0.318. The van der Waals surface area contributed by atoms with Crippen molar-refractivity contribution >= 4 is 16.6 Å². The zero-order valence-corrected chi connectivity index (χ0v) is 15.7. The number of nitrogens with one attached hydrogen (secondary N) is 1. The first kappa shape index (κ1) is 19.4. The number of H-pyrrole nitrogens is 1. The summed E-state index contributed by atoms with van der Waals surface area (Å²) in [6.45, 7) is 1.60. The number of rotatable bonds is 4. The van der Waals surface area contributed by atoms with Gasteiger partial charge in [-0.2, -0.15) is 0 Å². The van der Waals surface area contributed by atoms with Gasteiger partial charge in [-0.15, -0.1) is 13.2 Å². The number of ether oxygens (including phenoxy) is 1. The number of hydrogen-bond donors (Lipinski definition) is 1. The molecule has 2 heterocycles. The quantitative estimate of drug-likeness (QED) is 0.676. The van der Waals surface area contributed by atoms with Crippen LogP contribution in [0.4, 0.5) is 18.9 Å². The molecule has 3 aromatic rings. The maximum atomic E-state index is 12.4. The van der Waals surface area contributed by atoms with Gasteiger partial charge in [0.05, 0.1) is 16.6 Å². The smallest absolute Gasteiger partial charge is 0.406 e. The fourth-order valence-corrected chi connectivity index (χ4v) is 4.05. The molecule has 0 spiro atoms. The molecule has 4 rings (SSSR count). The highest BCUT2D eigenvalue weighted by molar-refractivity contribution is 5.91. The molecule has 2 aromatic carbocycles. The van der Waals surface area contributed by atoms with Crippen molar-refractivity contribution in [2.45, 2.75) is 25.6 Å². The first-order valence-electron chi connectivity index (χ1n) is 9.59. The highest BCUT2D eigenvalue weighted by Gasteiger charge is 2.31. The summed E-state index contributed by atoms with van der Waals surface area (Å²) in [4.78, 5) is 17.7. The molecule has 1 saturated heterocycles. The van der Waals surface area contributed by atoms with Gasteiger partial charge in [-0.1, -0.05) is 18.2 Å². The molecule has 1 aromatic heterocycles. The lowest BCUT2D eigenvalue weighted by atomic mass is 9.89. The van der Waals surface area contributed by atoms with E-state index in [0.717, 1.165) is 42.7 Å². The molecule has 1 N–H and O–H groups in total. The Morgan fingerprint density at radius 3 is 2.59 bits per heavy atom. The minimum Gasteiger partial charge on any atom is -0.406 e. The number of piperidine rings is 1. The fourth-order valence-electron chi connectivity index (χ4n) is 4.05. The second-order valence-electron chi connectivity index (χ2n) is 7.37. The normalized spacial score (nSPS) is 15.6. The number of nitrogens with zero attached hydrogens (tertiary/aromatic N) is 1. The first-order chi connectivity index (χ1) is 13.9. The molecule has 152 valence electrons. The third kappa shape index (κ3) is 4.55. The molecule has 1 aliphatic rings. The summed E-state index contributed by atoms with van der Waals surface area (Å²) in [5, 5.41) is 0.699. The van der Waals surface area contributed by atoms with Gasteiger partial charge in [0.1, 0.15) is 5.75 Å². The number of halogens is 3. The lowest BCUT2D eigenvalue weighted by molar-refractivity contribution is -0.274. The largest absolute Gasteiger partial charge is 0.573 e. The first-order valence-corrected chi connectivity index (χ1v) is 9.59. The van der Waals surface area contributed by atoms with Gasteiger partial charge in [-0.05, 0) is 55.0 Å². The second kappa shape index (κ2) is 7.81. The summed E-state index contributed by atoms with van der Waals surface area (Å²) < 4.78 is 41.3. The van der Waals surface area contributed by atoms with E-state index >= 15 is 0 Å². The van der Waals surface area contributed by atoms with E-state index < -0.39 is 6.36 Å². The van der Waals surface area contributed by atoms with Crippen molar-refractivity contribution in [1.29, 1.82) is 0 Å². The molecule has 7 heteroatoms. The second-order valence-corrected chi connectivity index (χ2v) is 7.37. The van der Waals surface area contributed by atoms with Gasteiger partial charge >= 0.3 is 6.36 Å². The van der Waals surface area contributed by atoms with Crippen molar-refractivity contribution in [3.63, 3.8) is 0 Å². The van der Waals surface area contributed by atoms with Crippen LogP contribution in [0.2, 0.25) is 0 Å². The molecule has 1 fully saturated rings. The van der Waals surface area contributed by atoms with Crippen molar-refractivity contribution in [3.8, 4) is 5.75 Å². The molecule has 4 nitrogen and oxygen atoms in total. The summed E-state index contributed by atoms with van der Waals surface area (Å²) in [6, 6.07) is 13.5. The molecule has 0 radical (unpaired) electrons. The number of alkyl halides is 3. The lowest BCUT2D eigenvalue weighted by Gasteiger charge is -2.34. The Kier molecular flexibility index (Phi) is 5.22. The van der Waals surface area contributed by atoms with Gasteiger partial charge in [0.25, 0.3) is 0 Å². The van der Waals surface area contributed by atoms with Crippen molar-refractivity contribution in [2.75, 3.05) is 18.0 Å². The highest BCUT2D eigenvalue weighted by Crippen LogP contribution is 2.30. The van der Waals surface area contributed by atoms with E-state index in [9.17, 15) is 18.0 Å². The van der Waals surface area contributed by atoms with E-state index in [-0.39, 0.29) is 11.2 Å². The molecule has 0 saturated carbocycles. The summed E-state index contributed by atoms with van der Waals surface area (Å²) in [5.74, 6) is 0.197. The minimum absolute atomic E-state index is 0.00190. The zero-order valence-electron chi connectivity index (χ0n) is 15.7. The summed E-state index contributed by atoms with van der Waals surface area (Å²) in [5.41, 5.74) is 2.59. The van der Waals surface area contributed by atoms with Gasteiger partial charge in [0, 0.05) is 25.4 Å². The van der Waals surface area contributed by atoms with Crippen LogP contribution in [-0.4, -0.2) is 24.4 Å². The predicted molar refractivity (Wildman–Crippen MR) is 106 cm³/mol. The van der Waals surface area contributed by atoms with Gasteiger partial charge < -0.3 is 14.6 Å². The van der Waals surface area contributed by atoms with E-state index in [0.29, 0.717) is 17.7 Å². The minimum atomic E-state index is -4.68. The van der Waals surface area contributed by atoms with Crippen LogP contribution in [0, 0.1) is 5.92 Å². The van der Waals surface area contributed by atoms with E-state index in [4.69, 9.17) is 0 Å². The molecule has 0 bridgehead atoms. The monoisotopic (exact) mass is 402 g/mol. The van der Waals surface area contributed by atoms with Crippen LogP contribution in [0.1, 0.15) is 18.4 Å². The average molecular weight is 402 g/mol. The van der Waals surface area contributed by atoms with Crippen LogP contribution in [0.15, 0.2) is 59.5 Å². The van der Waals surface area contributed by atoms with E-state index in [1.165, 1.54) is 18.2 Å². The highest BCUT2D eigenvalue weighted by atomic mass is 19.4. The van der Waals surface area contributed by atoms with Gasteiger partial charge in [0.2, 0.25) is 0 Å². The van der Waals surface area contributed by atoms with Crippen molar-refractivity contribution in [3.05, 3.63) is 70.5 Å². The number of aromatic amines is 1. The van der Waals surface area contributed by atoms with Crippen LogP contribution >= 0.6 is 0 Å². The van der Waals surface area contributed by atoms with Crippen LogP contribution in [-0.2, 0) is 6.42 Å². The Labute approximate surface area is 165 Å². The van der Waals surface area contributed by atoms with Gasteiger partial charge in [0.15, 0.2) is 5.43 Å². The Hall–Kier alpha value is -2.96. The number of benzene rings is 2. The van der Waals surface area contributed by atoms with Crippen molar-refractivity contribution in [1.82, 2.24) is 4.98 Å². The summed E-state index contributed by atoms with van der Waals surface area (Å²) >= 11 is 0. The molecule has 29 heavy (non-hydrogen) atoms. The molecular weight excluding hydrogens is 381 g/mol. The van der Waals surface area contributed by atoms with Crippen LogP contribution < -0.4 is 15.1 Å². The van der Waals surface area contributed by atoms with Crippen molar-refractivity contribution in [2.24, 2.45) is 5.92 Å². The third-order valence-electron chi connectivity index (χ3n) is 5.37. The molecule has 0 amide bonds. The number of fused-ring (bicyclic) bond motifs is 1. The summed E-state index contributed by atoms with van der Waals surface area (Å²) in [6.07, 6.45) is -0.506. The molecular formula is C22H21F3N2O2. The average Bonchev–Trinajstić information content (AvgIpc) is 2.67. The maximum Gasteiger partial charge on any atom is 0.573 e. The third-order valence-corrected chi connectivity index (χ3v) is 5.37. The SMILES string of the molecule is O=c1cc[nH]c2cccc(N3CCC(Cc4cccc(OC(F)(F)F)c4)CC3)c12. The Morgan fingerprint density at radius 2 is 1.83 bits per heavy atom. The number of pyridine rings is 1. The van der Waals surface area contributed by atoms with Gasteiger partial charge in [-0.25, -0.2) is 0 Å². The van der Waals surface area contributed by atoms with Gasteiger partial charge in [-0.3, -0.25) is 4.79 Å². The van der Waals surface area contributed by atoms with E-state index in [2.05, 4.69) is 14.6 Å². The van der Waals surface area contributed by atoms with Crippen LogP contribution in [0.3, 0.4) is 0 Å².